The van der Waals surface area contributed by atoms with E-state index >= 15 is 0 Å². The molecule has 176 valence electrons. The van der Waals surface area contributed by atoms with E-state index < -0.39 is 21.5 Å². The average Bonchev–Trinajstić information content (AvgIpc) is 3.22. The van der Waals surface area contributed by atoms with Gasteiger partial charge in [-0.3, -0.25) is 9.59 Å². The van der Waals surface area contributed by atoms with Crippen LogP contribution in [0.5, 0.6) is 0 Å². The summed E-state index contributed by atoms with van der Waals surface area (Å²) in [7, 11) is -3.74. The zero-order chi connectivity index (χ0) is 24.0. The van der Waals surface area contributed by atoms with Gasteiger partial charge in [0.25, 0.3) is 5.56 Å². The lowest BCUT2D eigenvalue weighted by Gasteiger charge is -2.19. The molecule has 1 N–H and O–H groups in total. The Hall–Kier alpha value is -3.24. The molecule has 0 saturated heterocycles. The lowest BCUT2D eigenvalue weighted by atomic mass is 10.1. The van der Waals surface area contributed by atoms with Crippen molar-refractivity contribution in [2.45, 2.75) is 45.2 Å². The molecule has 0 unspecified atom stereocenters. The summed E-state index contributed by atoms with van der Waals surface area (Å²) in [5.41, 5.74) is 1.81. The Bertz CT molecular complexity index is 1260. The summed E-state index contributed by atoms with van der Waals surface area (Å²) in [5.74, 6) is 0.0251. The maximum Gasteiger partial charge on any atom is 0.251 e. The second kappa shape index (κ2) is 10.6. The maximum atomic E-state index is 12.8. The van der Waals surface area contributed by atoms with Gasteiger partial charge in [-0.15, -0.1) is 0 Å². The first kappa shape index (κ1) is 24.4. The third-order valence-electron chi connectivity index (χ3n) is 5.36. The molecular formula is C23H29N5O4S. The molecule has 0 aliphatic carbocycles. The largest absolute Gasteiger partial charge is 0.309 e. The molecule has 2 heterocycles. The van der Waals surface area contributed by atoms with Gasteiger partial charge in [0.15, 0.2) is 0 Å². The Balaban J connectivity index is 1.74. The zero-order valence-corrected chi connectivity index (χ0v) is 19.9. The SMILES string of the molecule is CCc1ccc(Cn2nccc2NC(=O)Cn2cc(S(=O)(=O)N(CC)CC)ccc2=O)cc1. The molecular weight excluding hydrogens is 442 g/mol. The molecule has 0 spiro atoms. The molecule has 0 aliphatic heterocycles. The molecule has 1 amide bonds. The molecule has 3 aromatic rings. The molecule has 0 aliphatic rings. The van der Waals surface area contributed by atoms with Crippen LogP contribution in [0.3, 0.4) is 0 Å². The first-order valence-electron chi connectivity index (χ1n) is 10.9. The van der Waals surface area contributed by atoms with Gasteiger partial charge in [-0.25, -0.2) is 13.1 Å². The molecule has 9 nitrogen and oxygen atoms in total. The van der Waals surface area contributed by atoms with Crippen LogP contribution in [0.15, 0.2) is 64.5 Å². The predicted molar refractivity (Wildman–Crippen MR) is 127 cm³/mol. The van der Waals surface area contributed by atoms with Crippen LogP contribution in [-0.4, -0.2) is 46.1 Å². The molecule has 33 heavy (non-hydrogen) atoms. The van der Waals surface area contributed by atoms with E-state index in [0.717, 1.165) is 22.6 Å². The van der Waals surface area contributed by atoms with Crippen molar-refractivity contribution in [1.29, 1.82) is 0 Å². The number of pyridine rings is 1. The number of rotatable bonds is 10. The van der Waals surface area contributed by atoms with Gasteiger partial charge < -0.3 is 9.88 Å². The first-order chi connectivity index (χ1) is 15.8. The maximum absolute atomic E-state index is 12.8. The lowest BCUT2D eigenvalue weighted by Crippen LogP contribution is -2.33. The average molecular weight is 472 g/mol. The number of nitrogens with zero attached hydrogens (tertiary/aromatic N) is 4. The number of aryl methyl sites for hydroxylation is 1. The highest BCUT2D eigenvalue weighted by molar-refractivity contribution is 7.89. The van der Waals surface area contributed by atoms with E-state index in [1.165, 1.54) is 22.1 Å². The molecule has 0 atom stereocenters. The number of sulfonamides is 1. The van der Waals surface area contributed by atoms with Crippen molar-refractivity contribution in [3.63, 3.8) is 0 Å². The van der Waals surface area contributed by atoms with Gasteiger partial charge in [-0.05, 0) is 23.6 Å². The Morgan fingerprint density at radius 2 is 1.67 bits per heavy atom. The number of amides is 1. The summed E-state index contributed by atoms with van der Waals surface area (Å²) >= 11 is 0. The van der Waals surface area contributed by atoms with Gasteiger partial charge in [-0.1, -0.05) is 45.0 Å². The third-order valence-corrected chi connectivity index (χ3v) is 7.39. The van der Waals surface area contributed by atoms with Crippen molar-refractivity contribution in [2.75, 3.05) is 18.4 Å². The van der Waals surface area contributed by atoms with Gasteiger partial charge in [0.05, 0.1) is 17.6 Å². The van der Waals surface area contributed by atoms with Crippen LogP contribution < -0.4 is 10.9 Å². The van der Waals surface area contributed by atoms with Gasteiger partial charge in [0.2, 0.25) is 15.9 Å². The van der Waals surface area contributed by atoms with Crippen LogP contribution in [-0.2, 0) is 34.3 Å². The van der Waals surface area contributed by atoms with Crippen LogP contribution in [0.25, 0.3) is 0 Å². The molecule has 1 aromatic carbocycles. The van der Waals surface area contributed by atoms with Crippen molar-refractivity contribution in [2.24, 2.45) is 0 Å². The van der Waals surface area contributed by atoms with Crippen molar-refractivity contribution in [3.05, 3.63) is 76.3 Å². The zero-order valence-electron chi connectivity index (χ0n) is 19.1. The highest BCUT2D eigenvalue weighted by Gasteiger charge is 2.22. The summed E-state index contributed by atoms with van der Waals surface area (Å²) in [6.45, 7) is 6.35. The number of nitrogens with one attached hydrogen (secondary N) is 1. The topological polar surface area (TPSA) is 106 Å². The van der Waals surface area contributed by atoms with E-state index in [9.17, 15) is 18.0 Å². The van der Waals surface area contributed by atoms with Crippen molar-refractivity contribution >= 4 is 21.7 Å². The Morgan fingerprint density at radius 3 is 2.30 bits per heavy atom. The fraction of sp³-hybridized carbons (Fsp3) is 0.348. The molecule has 2 aromatic heterocycles. The van der Waals surface area contributed by atoms with Gasteiger partial charge >= 0.3 is 0 Å². The highest BCUT2D eigenvalue weighted by atomic mass is 32.2. The number of benzene rings is 1. The Morgan fingerprint density at radius 1 is 1.00 bits per heavy atom. The van der Waals surface area contributed by atoms with E-state index in [4.69, 9.17) is 0 Å². The Labute approximate surface area is 193 Å². The fourth-order valence-electron chi connectivity index (χ4n) is 3.45. The number of hydrogen-bond donors (Lipinski definition) is 1. The molecule has 0 bridgehead atoms. The highest BCUT2D eigenvalue weighted by Crippen LogP contribution is 2.14. The molecule has 0 radical (unpaired) electrons. The second-order valence-electron chi connectivity index (χ2n) is 7.51. The van der Waals surface area contributed by atoms with Crippen LogP contribution in [0, 0.1) is 0 Å². The summed E-state index contributed by atoms with van der Waals surface area (Å²) in [4.78, 5) is 24.9. The van der Waals surface area contributed by atoms with E-state index in [1.807, 2.05) is 12.1 Å². The van der Waals surface area contributed by atoms with Gasteiger partial charge in [0.1, 0.15) is 12.4 Å². The monoisotopic (exact) mass is 471 g/mol. The molecule has 3 rings (SSSR count). The summed E-state index contributed by atoms with van der Waals surface area (Å²) in [5, 5.41) is 7.02. The third kappa shape index (κ3) is 5.77. The number of hydrogen-bond acceptors (Lipinski definition) is 5. The van der Waals surface area contributed by atoms with Crippen LogP contribution in [0.1, 0.15) is 31.9 Å². The summed E-state index contributed by atoms with van der Waals surface area (Å²) in [6, 6.07) is 12.3. The minimum absolute atomic E-state index is 0.0285. The van der Waals surface area contributed by atoms with E-state index in [1.54, 1.807) is 30.8 Å². The lowest BCUT2D eigenvalue weighted by molar-refractivity contribution is -0.116. The van der Waals surface area contributed by atoms with Gasteiger partial charge in [0, 0.05) is 31.4 Å². The van der Waals surface area contributed by atoms with E-state index in [2.05, 4.69) is 29.5 Å². The molecule has 10 heteroatoms. The van der Waals surface area contributed by atoms with Crippen LogP contribution in [0.4, 0.5) is 5.82 Å². The first-order valence-corrected chi connectivity index (χ1v) is 12.3. The minimum Gasteiger partial charge on any atom is -0.309 e. The standard InChI is InChI=1S/C23H29N5O4S/c1-4-18-7-9-19(10-8-18)15-28-21(13-14-24-28)25-22(29)17-26-16-20(11-12-23(26)30)33(31,32)27(5-2)6-3/h7-14,16H,4-6,15,17H2,1-3H3,(H,25,29). The van der Waals surface area contributed by atoms with Gasteiger partial charge in [-0.2, -0.15) is 9.40 Å². The number of aromatic nitrogens is 3. The Kier molecular flexibility index (Phi) is 7.83. The van der Waals surface area contributed by atoms with Crippen molar-refractivity contribution in [1.82, 2.24) is 18.7 Å². The van der Waals surface area contributed by atoms with Crippen molar-refractivity contribution < 1.29 is 13.2 Å². The number of carbonyl (C=O) groups is 1. The quantitative estimate of drug-likeness (QED) is 0.488. The molecule has 0 fully saturated rings. The van der Waals surface area contributed by atoms with Crippen LogP contribution >= 0.6 is 0 Å². The number of carbonyl (C=O) groups excluding carboxylic acids is 1. The number of anilines is 1. The van der Waals surface area contributed by atoms with E-state index in [0.29, 0.717) is 25.5 Å². The summed E-state index contributed by atoms with van der Waals surface area (Å²) < 4.78 is 29.6. The fourth-order valence-corrected chi connectivity index (χ4v) is 4.93. The smallest absolute Gasteiger partial charge is 0.251 e. The second-order valence-corrected chi connectivity index (χ2v) is 9.45. The van der Waals surface area contributed by atoms with Crippen molar-refractivity contribution in [3.8, 4) is 0 Å². The normalized spacial score (nSPS) is 11.6. The minimum atomic E-state index is -3.74. The molecule has 0 saturated carbocycles. The predicted octanol–water partition coefficient (Wildman–Crippen LogP) is 2.32. The van der Waals surface area contributed by atoms with E-state index in [-0.39, 0.29) is 11.4 Å². The summed E-state index contributed by atoms with van der Waals surface area (Å²) in [6.07, 6.45) is 3.75. The van der Waals surface area contributed by atoms with Crippen LogP contribution in [0.2, 0.25) is 0 Å².